The lowest BCUT2D eigenvalue weighted by Gasteiger charge is -2.15. The second kappa shape index (κ2) is 9.71. The number of nitrogens with zero attached hydrogens (tertiary/aromatic N) is 3. The Hall–Kier alpha value is -3.64. The number of H-pyrrole nitrogens is 1. The fraction of sp³-hybridized carbons (Fsp3) is 0.286. The Bertz CT molecular complexity index is 1010. The van der Waals surface area contributed by atoms with Crippen LogP contribution in [0.5, 0.6) is 0 Å². The van der Waals surface area contributed by atoms with Crippen molar-refractivity contribution >= 4 is 23.0 Å². The van der Waals surface area contributed by atoms with Crippen molar-refractivity contribution in [1.82, 2.24) is 15.0 Å². The van der Waals surface area contributed by atoms with Crippen LogP contribution >= 0.6 is 0 Å². The van der Waals surface area contributed by atoms with Gasteiger partial charge in [0.05, 0.1) is 35.7 Å². The van der Waals surface area contributed by atoms with E-state index in [1.165, 1.54) is 0 Å². The van der Waals surface area contributed by atoms with E-state index in [0.29, 0.717) is 23.0 Å². The zero-order valence-corrected chi connectivity index (χ0v) is 16.8. The fourth-order valence-corrected chi connectivity index (χ4v) is 2.75. The van der Waals surface area contributed by atoms with Gasteiger partial charge in [0.15, 0.2) is 0 Å². The Labute approximate surface area is 174 Å². The van der Waals surface area contributed by atoms with Gasteiger partial charge in [0.25, 0.3) is 0 Å². The zero-order valence-electron chi connectivity index (χ0n) is 16.8. The Morgan fingerprint density at radius 3 is 2.63 bits per heavy atom. The summed E-state index contributed by atoms with van der Waals surface area (Å²) in [4.78, 5) is 11.9. The van der Waals surface area contributed by atoms with Crippen molar-refractivity contribution in [2.45, 2.75) is 26.1 Å². The van der Waals surface area contributed by atoms with Gasteiger partial charge in [-0.05, 0) is 38.1 Å². The predicted octanol–water partition coefficient (Wildman–Crippen LogP) is 3.65. The van der Waals surface area contributed by atoms with Crippen molar-refractivity contribution in [3.63, 3.8) is 0 Å². The molecule has 2 aromatic heterocycles. The van der Waals surface area contributed by atoms with E-state index >= 15 is 0 Å². The van der Waals surface area contributed by atoms with Gasteiger partial charge in [0.2, 0.25) is 0 Å². The molecule has 1 aromatic carbocycles. The molecule has 30 heavy (non-hydrogen) atoms. The van der Waals surface area contributed by atoms with Gasteiger partial charge < -0.3 is 26.0 Å². The number of nitriles is 1. The van der Waals surface area contributed by atoms with Crippen molar-refractivity contribution < 1.29 is 9.50 Å². The molecule has 3 aromatic rings. The molecule has 0 aliphatic rings. The second-order valence-electron chi connectivity index (χ2n) is 7.03. The number of anilines is 4. The molecule has 8 nitrogen and oxygen atoms in total. The normalized spacial score (nSPS) is 11.7. The topological polar surface area (TPSA) is 122 Å². The average molecular weight is 409 g/mol. The summed E-state index contributed by atoms with van der Waals surface area (Å²) in [7, 11) is 0. The number of aliphatic hydroxyl groups excluding tert-OH is 1. The number of alkyl halides is 1. The van der Waals surface area contributed by atoms with Crippen molar-refractivity contribution in [3.05, 3.63) is 48.3 Å². The van der Waals surface area contributed by atoms with E-state index < -0.39 is 12.8 Å². The van der Waals surface area contributed by atoms with Crippen LogP contribution in [-0.2, 0) is 0 Å². The molecule has 0 aliphatic carbocycles. The van der Waals surface area contributed by atoms with Crippen LogP contribution < -0.4 is 16.0 Å². The molecule has 0 amide bonds. The van der Waals surface area contributed by atoms with Gasteiger partial charge in [-0.25, -0.2) is 14.4 Å². The molecule has 9 heteroatoms. The smallest absolute Gasteiger partial charge is 0.142 e. The minimum Gasteiger partial charge on any atom is -0.393 e. The van der Waals surface area contributed by atoms with Crippen molar-refractivity contribution in [2.75, 3.05) is 29.1 Å². The first-order chi connectivity index (χ1) is 14.5. The summed E-state index contributed by atoms with van der Waals surface area (Å²) in [5.41, 5.74) is 3.00. The summed E-state index contributed by atoms with van der Waals surface area (Å²) in [6, 6.07) is 11.3. The van der Waals surface area contributed by atoms with E-state index in [4.69, 9.17) is 10.4 Å². The van der Waals surface area contributed by atoms with Gasteiger partial charge in [0.1, 0.15) is 23.6 Å². The summed E-state index contributed by atoms with van der Waals surface area (Å²) in [6.45, 7) is 3.52. The molecule has 0 aliphatic heterocycles. The highest BCUT2D eigenvalue weighted by Crippen LogP contribution is 2.29. The summed E-state index contributed by atoms with van der Waals surface area (Å²) in [5.74, 6) is 1.77. The fourth-order valence-electron chi connectivity index (χ4n) is 2.75. The molecule has 2 heterocycles. The molecule has 0 fully saturated rings. The van der Waals surface area contributed by atoms with Crippen LogP contribution in [0.4, 0.5) is 27.4 Å². The van der Waals surface area contributed by atoms with E-state index in [2.05, 4.69) is 37.0 Å². The molecule has 1 atom stereocenters. The maximum atomic E-state index is 13.2. The minimum atomic E-state index is -1.34. The van der Waals surface area contributed by atoms with Crippen LogP contribution in [0.3, 0.4) is 0 Å². The third-order valence-electron chi connectivity index (χ3n) is 4.18. The lowest BCUT2D eigenvalue weighted by atomic mass is 10.2. The standard InChI is InChI=1S/C21H24FN7O/c1-13(2)27-18-7-19(28-16-5-3-14(8-23)4-6-16)25-10-17(18)21-26-11-20(29-21)24-9-15(22)12-30/h3-7,10-11,13,15,24,30H,9,12H2,1-2H3,(H,26,29)(H2,25,27,28)/t15-/m1/s1. The van der Waals surface area contributed by atoms with Crippen LogP contribution in [-0.4, -0.2) is 45.4 Å². The highest BCUT2D eigenvalue weighted by atomic mass is 19.1. The first-order valence-corrected chi connectivity index (χ1v) is 9.56. The van der Waals surface area contributed by atoms with E-state index in [0.717, 1.165) is 16.9 Å². The van der Waals surface area contributed by atoms with E-state index in [-0.39, 0.29) is 12.6 Å². The highest BCUT2D eigenvalue weighted by molar-refractivity contribution is 5.77. The molecule has 0 saturated heterocycles. The van der Waals surface area contributed by atoms with Crippen LogP contribution in [0.1, 0.15) is 19.4 Å². The quantitative estimate of drug-likeness (QED) is 0.366. The third kappa shape index (κ3) is 5.46. The molecule has 0 unspecified atom stereocenters. The summed E-state index contributed by atoms with van der Waals surface area (Å²) in [6.07, 6.45) is 1.93. The van der Waals surface area contributed by atoms with Gasteiger partial charge in [-0.15, -0.1) is 0 Å². The Morgan fingerprint density at radius 2 is 1.97 bits per heavy atom. The van der Waals surface area contributed by atoms with Crippen molar-refractivity contribution in [2.24, 2.45) is 0 Å². The average Bonchev–Trinajstić information content (AvgIpc) is 3.21. The van der Waals surface area contributed by atoms with Crippen molar-refractivity contribution in [1.29, 1.82) is 5.26 Å². The summed E-state index contributed by atoms with van der Waals surface area (Å²) < 4.78 is 13.2. The van der Waals surface area contributed by atoms with Gasteiger partial charge in [-0.3, -0.25) is 0 Å². The van der Waals surface area contributed by atoms with E-state index in [1.807, 2.05) is 32.0 Å². The number of halogens is 1. The monoisotopic (exact) mass is 409 g/mol. The molecule has 5 N–H and O–H groups in total. The maximum absolute atomic E-state index is 13.2. The first kappa shape index (κ1) is 21.1. The summed E-state index contributed by atoms with van der Waals surface area (Å²) in [5, 5.41) is 27.2. The number of aliphatic hydroxyl groups is 1. The van der Waals surface area contributed by atoms with E-state index in [9.17, 15) is 4.39 Å². The van der Waals surface area contributed by atoms with Gasteiger partial charge >= 0.3 is 0 Å². The van der Waals surface area contributed by atoms with Gasteiger partial charge in [-0.1, -0.05) is 0 Å². The molecule has 3 rings (SSSR count). The van der Waals surface area contributed by atoms with Crippen LogP contribution in [0.2, 0.25) is 0 Å². The molecule has 156 valence electrons. The number of imidazole rings is 1. The molecular formula is C21H24FN7O. The number of benzene rings is 1. The van der Waals surface area contributed by atoms with Crippen LogP contribution in [0.15, 0.2) is 42.7 Å². The number of hydrogen-bond donors (Lipinski definition) is 5. The number of nitrogens with one attached hydrogen (secondary N) is 4. The Balaban J connectivity index is 1.82. The number of aromatic nitrogens is 3. The predicted molar refractivity (Wildman–Crippen MR) is 115 cm³/mol. The Kier molecular flexibility index (Phi) is 6.83. The molecular weight excluding hydrogens is 385 g/mol. The lowest BCUT2D eigenvalue weighted by Crippen LogP contribution is -2.18. The number of pyridine rings is 1. The number of rotatable bonds is 9. The molecule has 0 bridgehead atoms. The maximum Gasteiger partial charge on any atom is 0.142 e. The lowest BCUT2D eigenvalue weighted by molar-refractivity contribution is 0.186. The molecule has 0 radical (unpaired) electrons. The van der Waals surface area contributed by atoms with E-state index in [1.54, 1.807) is 24.5 Å². The van der Waals surface area contributed by atoms with Crippen LogP contribution in [0.25, 0.3) is 11.4 Å². The highest BCUT2D eigenvalue weighted by Gasteiger charge is 2.13. The SMILES string of the molecule is CC(C)Nc1cc(Nc2ccc(C#N)cc2)ncc1-c1ncc(NC[C@@H](F)CO)[nH]1. The van der Waals surface area contributed by atoms with Gasteiger partial charge in [-0.2, -0.15) is 5.26 Å². The zero-order chi connectivity index (χ0) is 21.5. The van der Waals surface area contributed by atoms with Gasteiger partial charge in [0, 0.05) is 30.5 Å². The number of aromatic amines is 1. The number of hydrogen-bond acceptors (Lipinski definition) is 7. The molecule has 0 spiro atoms. The molecule has 0 saturated carbocycles. The third-order valence-corrected chi connectivity index (χ3v) is 4.18. The Morgan fingerprint density at radius 1 is 1.20 bits per heavy atom. The van der Waals surface area contributed by atoms with Crippen molar-refractivity contribution in [3.8, 4) is 17.5 Å². The minimum absolute atomic E-state index is 0.0130. The summed E-state index contributed by atoms with van der Waals surface area (Å²) >= 11 is 0. The first-order valence-electron chi connectivity index (χ1n) is 9.56. The second-order valence-corrected chi connectivity index (χ2v) is 7.03. The largest absolute Gasteiger partial charge is 0.393 e. The van der Waals surface area contributed by atoms with Crippen LogP contribution in [0, 0.1) is 11.3 Å².